The number of hydrogen-bond donors (Lipinski definition) is 1. The molecule has 1 aromatic rings. The van der Waals surface area contributed by atoms with E-state index in [-0.39, 0.29) is 40.2 Å². The monoisotopic (exact) mass is 391 g/mol. The number of hydrogen-bond acceptors (Lipinski definition) is 5. The van der Waals surface area contributed by atoms with E-state index in [9.17, 15) is 18.4 Å². The van der Waals surface area contributed by atoms with Crippen LogP contribution in [0.3, 0.4) is 0 Å². The van der Waals surface area contributed by atoms with Gasteiger partial charge in [0.15, 0.2) is 17.4 Å². The molecule has 1 aromatic carbocycles. The third-order valence-corrected chi connectivity index (χ3v) is 4.79. The molecule has 1 atom stereocenters. The van der Waals surface area contributed by atoms with Crippen LogP contribution in [-0.2, 0) is 19.1 Å². The zero-order valence-corrected chi connectivity index (χ0v) is 16.3. The van der Waals surface area contributed by atoms with E-state index >= 15 is 0 Å². The zero-order chi connectivity index (χ0) is 20.8. The van der Waals surface area contributed by atoms with Gasteiger partial charge in [0.2, 0.25) is 5.88 Å². The fourth-order valence-electron chi connectivity index (χ4n) is 3.69. The van der Waals surface area contributed by atoms with E-state index in [1.807, 2.05) is 13.8 Å². The normalized spacial score (nSPS) is 21.5. The molecule has 0 saturated carbocycles. The number of carbonyl (C=O) groups is 2. The highest BCUT2D eigenvalue weighted by Gasteiger charge is 2.45. The van der Waals surface area contributed by atoms with E-state index in [2.05, 4.69) is 0 Å². The van der Waals surface area contributed by atoms with Crippen molar-refractivity contribution in [2.24, 2.45) is 11.1 Å². The Morgan fingerprint density at radius 2 is 1.93 bits per heavy atom. The molecule has 150 valence electrons. The minimum atomic E-state index is -1.08. The summed E-state index contributed by atoms with van der Waals surface area (Å²) in [6.45, 7) is 7.19. The van der Waals surface area contributed by atoms with Crippen LogP contribution in [0.1, 0.15) is 52.0 Å². The molecule has 0 spiro atoms. The second-order valence-electron chi connectivity index (χ2n) is 8.22. The molecule has 5 nitrogen and oxygen atoms in total. The first kappa shape index (κ1) is 20.0. The summed E-state index contributed by atoms with van der Waals surface area (Å²) in [6.07, 6.45) is 0.234. The van der Waals surface area contributed by atoms with E-state index in [1.165, 1.54) is 6.07 Å². The van der Waals surface area contributed by atoms with Crippen molar-refractivity contribution < 1.29 is 27.8 Å². The van der Waals surface area contributed by atoms with Gasteiger partial charge in [-0.2, -0.15) is 0 Å². The van der Waals surface area contributed by atoms with E-state index in [0.29, 0.717) is 12.2 Å². The molecule has 1 aliphatic carbocycles. The molecule has 0 radical (unpaired) electrons. The molecule has 1 heterocycles. The van der Waals surface area contributed by atoms with Crippen LogP contribution >= 0.6 is 0 Å². The topological polar surface area (TPSA) is 78.6 Å². The molecule has 0 bridgehead atoms. The summed E-state index contributed by atoms with van der Waals surface area (Å²) in [7, 11) is 0. The van der Waals surface area contributed by atoms with Crippen LogP contribution in [0.15, 0.2) is 41.0 Å². The fraction of sp³-hybridized carbons (Fsp3) is 0.429. The summed E-state index contributed by atoms with van der Waals surface area (Å²) in [5.41, 5.74) is 6.10. The predicted octanol–water partition coefficient (Wildman–Crippen LogP) is 3.84. The van der Waals surface area contributed by atoms with Gasteiger partial charge in [-0.15, -0.1) is 0 Å². The Morgan fingerprint density at radius 3 is 2.54 bits per heavy atom. The quantitative estimate of drug-likeness (QED) is 0.792. The largest absolute Gasteiger partial charge is 0.459 e. The van der Waals surface area contributed by atoms with E-state index in [0.717, 1.165) is 12.1 Å². The molecule has 3 rings (SSSR count). The Bertz CT molecular complexity index is 915. The minimum Gasteiger partial charge on any atom is -0.459 e. The van der Waals surface area contributed by atoms with Crippen LogP contribution in [-0.4, -0.2) is 17.9 Å². The lowest BCUT2D eigenvalue weighted by Crippen LogP contribution is -2.36. The van der Waals surface area contributed by atoms with Crippen molar-refractivity contribution in [1.29, 1.82) is 0 Å². The van der Waals surface area contributed by atoms with Crippen LogP contribution in [0.5, 0.6) is 0 Å². The lowest BCUT2D eigenvalue weighted by atomic mass is 9.70. The molecule has 0 fully saturated rings. The standard InChI is InChI=1S/C21H23F2NO4/c1-10(2)27-20(26)18-16(11-5-6-12(22)13(23)7-11)17-14(25)8-21(3,4)9-15(17)28-19(18)24/h5-7,10,16H,8-9,24H2,1-4H3. The first-order valence-corrected chi connectivity index (χ1v) is 9.10. The van der Waals surface area contributed by atoms with Crippen molar-refractivity contribution in [2.75, 3.05) is 0 Å². The molecule has 1 aliphatic heterocycles. The van der Waals surface area contributed by atoms with Gasteiger partial charge in [0, 0.05) is 18.4 Å². The van der Waals surface area contributed by atoms with Gasteiger partial charge in [-0.3, -0.25) is 4.79 Å². The maximum atomic E-state index is 13.9. The maximum absolute atomic E-state index is 13.9. The Labute approximate surface area is 162 Å². The number of carbonyl (C=O) groups excluding carboxylic acids is 2. The van der Waals surface area contributed by atoms with Gasteiger partial charge in [-0.1, -0.05) is 19.9 Å². The van der Waals surface area contributed by atoms with Gasteiger partial charge < -0.3 is 15.2 Å². The number of rotatable bonds is 3. The zero-order valence-electron chi connectivity index (χ0n) is 16.3. The van der Waals surface area contributed by atoms with Gasteiger partial charge >= 0.3 is 5.97 Å². The molecule has 1 unspecified atom stereocenters. The Kier molecular flexibility index (Phi) is 5.04. The average molecular weight is 391 g/mol. The Hall–Kier alpha value is -2.70. The molecule has 2 aliphatic rings. The smallest absolute Gasteiger partial charge is 0.340 e. The highest BCUT2D eigenvalue weighted by atomic mass is 19.2. The lowest BCUT2D eigenvalue weighted by molar-refractivity contribution is -0.143. The lowest BCUT2D eigenvalue weighted by Gasteiger charge is -2.38. The third kappa shape index (κ3) is 3.66. The molecule has 2 N–H and O–H groups in total. The molecule has 0 amide bonds. The molecular weight excluding hydrogens is 368 g/mol. The van der Waals surface area contributed by atoms with Gasteiger partial charge in [0.1, 0.15) is 11.3 Å². The highest BCUT2D eigenvalue weighted by Crippen LogP contribution is 2.48. The van der Waals surface area contributed by atoms with Crippen molar-refractivity contribution in [3.63, 3.8) is 0 Å². The highest BCUT2D eigenvalue weighted by molar-refractivity contribution is 6.03. The second-order valence-corrected chi connectivity index (χ2v) is 8.22. The number of allylic oxidation sites excluding steroid dienone is 2. The first-order valence-electron chi connectivity index (χ1n) is 9.10. The summed E-state index contributed by atoms with van der Waals surface area (Å²) < 4.78 is 38.3. The Balaban J connectivity index is 2.19. The first-order chi connectivity index (χ1) is 13.0. The maximum Gasteiger partial charge on any atom is 0.340 e. The average Bonchev–Trinajstić information content (AvgIpc) is 2.54. The van der Waals surface area contributed by atoms with Gasteiger partial charge in [0.25, 0.3) is 0 Å². The summed E-state index contributed by atoms with van der Waals surface area (Å²) in [5.74, 6) is -3.89. The third-order valence-electron chi connectivity index (χ3n) is 4.79. The van der Waals surface area contributed by atoms with Crippen molar-refractivity contribution in [3.05, 3.63) is 58.2 Å². The fourth-order valence-corrected chi connectivity index (χ4v) is 3.69. The number of ether oxygens (including phenoxy) is 2. The molecule has 0 aromatic heterocycles. The van der Waals surface area contributed by atoms with Crippen molar-refractivity contribution in [3.8, 4) is 0 Å². The number of halogens is 2. The van der Waals surface area contributed by atoms with Crippen LogP contribution in [0.2, 0.25) is 0 Å². The van der Waals surface area contributed by atoms with Gasteiger partial charge in [0.05, 0.1) is 12.0 Å². The predicted molar refractivity (Wildman–Crippen MR) is 97.7 cm³/mol. The van der Waals surface area contributed by atoms with Crippen LogP contribution in [0.4, 0.5) is 8.78 Å². The number of ketones is 1. The van der Waals surface area contributed by atoms with Crippen LogP contribution < -0.4 is 5.73 Å². The van der Waals surface area contributed by atoms with Crippen molar-refractivity contribution in [1.82, 2.24) is 0 Å². The molecule has 7 heteroatoms. The van der Waals surface area contributed by atoms with Crippen molar-refractivity contribution >= 4 is 11.8 Å². The second kappa shape index (κ2) is 7.04. The molecule has 0 saturated heterocycles. The van der Waals surface area contributed by atoms with Crippen LogP contribution in [0, 0.1) is 17.0 Å². The summed E-state index contributed by atoms with van der Waals surface area (Å²) in [5, 5.41) is 0. The number of esters is 1. The molecular formula is C21H23F2NO4. The van der Waals surface area contributed by atoms with Crippen molar-refractivity contribution in [2.45, 2.75) is 52.6 Å². The van der Waals surface area contributed by atoms with Crippen LogP contribution in [0.25, 0.3) is 0 Å². The summed E-state index contributed by atoms with van der Waals surface area (Å²) >= 11 is 0. The molecule has 28 heavy (non-hydrogen) atoms. The van der Waals surface area contributed by atoms with Gasteiger partial charge in [-0.05, 0) is 37.0 Å². The van der Waals surface area contributed by atoms with E-state index < -0.39 is 29.6 Å². The van der Waals surface area contributed by atoms with Gasteiger partial charge in [-0.25, -0.2) is 13.6 Å². The Morgan fingerprint density at radius 1 is 1.25 bits per heavy atom. The summed E-state index contributed by atoms with van der Waals surface area (Å²) in [6, 6.07) is 3.26. The minimum absolute atomic E-state index is 0.0773. The number of nitrogens with two attached hydrogens (primary N) is 1. The van der Waals surface area contributed by atoms with E-state index in [4.69, 9.17) is 15.2 Å². The number of benzene rings is 1. The number of Topliss-reactive ketones (excluding diaryl/α,β-unsaturated/α-hetero) is 1. The SMILES string of the molecule is CC(C)OC(=O)C1=C(N)OC2=C(C(=O)CC(C)(C)C2)C1c1ccc(F)c(F)c1. The summed E-state index contributed by atoms with van der Waals surface area (Å²) in [4.78, 5) is 25.7. The van der Waals surface area contributed by atoms with E-state index in [1.54, 1.807) is 13.8 Å².